The van der Waals surface area contributed by atoms with Gasteiger partial charge in [-0.1, -0.05) is 11.6 Å². The number of halogens is 1. The van der Waals surface area contributed by atoms with E-state index in [0.717, 1.165) is 0 Å². The second-order valence-electron chi connectivity index (χ2n) is 6.33. The number of carbonyl (C=O) groups is 3. The number of nitrogens with one attached hydrogen (secondary N) is 2. The van der Waals surface area contributed by atoms with E-state index in [1.165, 1.54) is 16.7 Å². The number of anilines is 1. The molecule has 146 valence electrons. The van der Waals surface area contributed by atoms with Gasteiger partial charge in [-0.25, -0.2) is 9.78 Å². The molecule has 1 aliphatic heterocycles. The van der Waals surface area contributed by atoms with E-state index in [4.69, 9.17) is 16.7 Å². The summed E-state index contributed by atoms with van der Waals surface area (Å²) in [4.78, 5) is 52.3. The lowest BCUT2D eigenvalue weighted by Crippen LogP contribution is -2.25. The van der Waals surface area contributed by atoms with Crippen LogP contribution in [0.15, 0.2) is 41.2 Å². The largest absolute Gasteiger partial charge is 0.465 e. The van der Waals surface area contributed by atoms with E-state index >= 15 is 0 Å². The zero-order chi connectivity index (χ0) is 20.7. The van der Waals surface area contributed by atoms with Crippen LogP contribution in [-0.4, -0.2) is 39.0 Å². The highest BCUT2D eigenvalue weighted by Gasteiger charge is 2.30. The van der Waals surface area contributed by atoms with Gasteiger partial charge in [0.05, 0.1) is 22.2 Å². The van der Waals surface area contributed by atoms with E-state index in [2.05, 4.69) is 15.6 Å². The molecule has 0 fully saturated rings. The summed E-state index contributed by atoms with van der Waals surface area (Å²) in [7, 11) is 0. The number of rotatable bonds is 4. The summed E-state index contributed by atoms with van der Waals surface area (Å²) in [6, 6.07) is 9.23. The molecule has 0 aliphatic carbocycles. The molecule has 3 N–H and O–H groups in total. The van der Waals surface area contributed by atoms with Crippen molar-refractivity contribution in [3.63, 3.8) is 0 Å². The van der Waals surface area contributed by atoms with Gasteiger partial charge in [0.25, 0.3) is 5.56 Å². The summed E-state index contributed by atoms with van der Waals surface area (Å²) < 4.78 is 1.25. The van der Waals surface area contributed by atoms with Crippen LogP contribution in [0.1, 0.15) is 22.6 Å². The summed E-state index contributed by atoms with van der Waals surface area (Å²) in [6.45, 7) is -0.0368. The molecule has 0 saturated carbocycles. The molecule has 0 atom stereocenters. The van der Waals surface area contributed by atoms with Crippen molar-refractivity contribution >= 4 is 46.0 Å². The summed E-state index contributed by atoms with van der Waals surface area (Å²) in [5.41, 5.74) is 0.910. The number of ketones is 1. The van der Waals surface area contributed by atoms with Gasteiger partial charge < -0.3 is 15.7 Å². The first-order valence-corrected chi connectivity index (χ1v) is 8.91. The van der Waals surface area contributed by atoms with Crippen molar-refractivity contribution in [1.82, 2.24) is 14.9 Å². The number of carbonyl (C=O) groups excluding carboxylic acids is 2. The average Bonchev–Trinajstić information content (AvgIpc) is 2.93. The number of aromatic nitrogens is 2. The quantitative estimate of drug-likeness (QED) is 0.471. The molecule has 9 nitrogen and oxygen atoms in total. The maximum Gasteiger partial charge on any atom is 0.404 e. The van der Waals surface area contributed by atoms with Gasteiger partial charge in [-0.3, -0.25) is 19.0 Å². The number of amides is 2. The van der Waals surface area contributed by atoms with Crippen LogP contribution in [0.25, 0.3) is 16.6 Å². The molecule has 3 aromatic rings. The highest BCUT2D eigenvalue weighted by molar-refractivity contribution is 6.31. The third-order valence-corrected chi connectivity index (χ3v) is 4.66. The molecule has 0 bridgehead atoms. The molecule has 4 rings (SSSR count). The minimum Gasteiger partial charge on any atom is -0.465 e. The first kappa shape index (κ1) is 18.6. The van der Waals surface area contributed by atoms with Crippen LogP contribution in [-0.2, 0) is 4.79 Å². The Morgan fingerprint density at radius 3 is 2.69 bits per heavy atom. The number of carboxylic acid groups (broad SMARTS) is 1. The Balaban J connectivity index is 1.67. The van der Waals surface area contributed by atoms with Crippen molar-refractivity contribution in [2.24, 2.45) is 0 Å². The average molecular weight is 413 g/mol. The Labute approximate surface area is 167 Å². The van der Waals surface area contributed by atoms with Crippen molar-refractivity contribution in [3.8, 4) is 5.69 Å². The Kier molecular flexibility index (Phi) is 4.51. The van der Waals surface area contributed by atoms with Crippen molar-refractivity contribution in [2.45, 2.75) is 6.42 Å². The minimum absolute atomic E-state index is 0.0195. The molecule has 2 amide bonds. The standard InChI is InChI=1S/C19H13ClN4O5/c20-9-1-3-11-13(7-9)23-17-16(26)12-8-10(2-4-14(12)24(17)18(11)27)22-15(25)5-6-21-19(28)29/h1-4,7-8,21H,5-6H2,(H,22,25)(H,28,29). The van der Waals surface area contributed by atoms with E-state index in [-0.39, 0.29) is 29.9 Å². The van der Waals surface area contributed by atoms with Crippen LogP contribution < -0.4 is 16.2 Å². The molecular weight excluding hydrogens is 400 g/mol. The summed E-state index contributed by atoms with van der Waals surface area (Å²) in [5.74, 6) is -0.881. The topological polar surface area (TPSA) is 130 Å². The minimum atomic E-state index is -1.22. The molecule has 2 heterocycles. The van der Waals surface area contributed by atoms with Crippen molar-refractivity contribution in [3.05, 3.63) is 63.2 Å². The second-order valence-corrected chi connectivity index (χ2v) is 6.77. The number of hydrogen-bond acceptors (Lipinski definition) is 5. The highest BCUT2D eigenvalue weighted by atomic mass is 35.5. The summed E-state index contributed by atoms with van der Waals surface area (Å²) in [5, 5.41) is 14.0. The fraction of sp³-hybridized carbons (Fsp3) is 0.105. The maximum atomic E-state index is 12.9. The Bertz CT molecular complexity index is 1270. The molecule has 0 unspecified atom stereocenters. The van der Waals surface area contributed by atoms with Gasteiger partial charge >= 0.3 is 6.09 Å². The predicted molar refractivity (Wildman–Crippen MR) is 105 cm³/mol. The van der Waals surface area contributed by atoms with E-state index in [1.807, 2.05) is 0 Å². The monoisotopic (exact) mass is 412 g/mol. The predicted octanol–water partition coefficient (Wildman–Crippen LogP) is 2.18. The van der Waals surface area contributed by atoms with Crippen LogP contribution in [0.5, 0.6) is 0 Å². The van der Waals surface area contributed by atoms with Gasteiger partial charge in [-0.15, -0.1) is 0 Å². The third kappa shape index (κ3) is 3.32. The lowest BCUT2D eigenvalue weighted by molar-refractivity contribution is -0.116. The second kappa shape index (κ2) is 7.02. The van der Waals surface area contributed by atoms with Crippen LogP contribution in [0.3, 0.4) is 0 Å². The normalized spacial score (nSPS) is 11.8. The van der Waals surface area contributed by atoms with E-state index in [1.54, 1.807) is 24.3 Å². The molecule has 1 aliphatic rings. The Morgan fingerprint density at radius 1 is 1.14 bits per heavy atom. The van der Waals surface area contributed by atoms with Crippen LogP contribution in [0.2, 0.25) is 5.02 Å². The molecule has 2 aromatic carbocycles. The third-order valence-electron chi connectivity index (χ3n) is 4.43. The Hall–Kier alpha value is -3.72. The molecule has 10 heteroatoms. The van der Waals surface area contributed by atoms with Gasteiger partial charge in [0.15, 0.2) is 5.82 Å². The van der Waals surface area contributed by atoms with Gasteiger partial charge in [-0.2, -0.15) is 0 Å². The zero-order valence-corrected chi connectivity index (χ0v) is 15.5. The maximum absolute atomic E-state index is 12.9. The number of nitrogens with zero attached hydrogens (tertiary/aromatic N) is 2. The van der Waals surface area contributed by atoms with Crippen molar-refractivity contribution < 1.29 is 19.5 Å². The fourth-order valence-corrected chi connectivity index (χ4v) is 3.32. The zero-order valence-electron chi connectivity index (χ0n) is 14.7. The van der Waals surface area contributed by atoms with Crippen molar-refractivity contribution in [1.29, 1.82) is 0 Å². The lowest BCUT2D eigenvalue weighted by Gasteiger charge is -2.08. The van der Waals surface area contributed by atoms with Gasteiger partial charge in [-0.05, 0) is 36.4 Å². The fourth-order valence-electron chi connectivity index (χ4n) is 3.15. The number of fused-ring (bicyclic) bond motifs is 4. The smallest absolute Gasteiger partial charge is 0.404 e. The van der Waals surface area contributed by atoms with Crippen LogP contribution in [0, 0.1) is 0 Å². The molecule has 0 radical (unpaired) electrons. The van der Waals surface area contributed by atoms with E-state index < -0.39 is 17.8 Å². The molecule has 0 saturated heterocycles. The van der Waals surface area contributed by atoms with Gasteiger partial charge in [0.1, 0.15) is 0 Å². The molecule has 29 heavy (non-hydrogen) atoms. The first-order chi connectivity index (χ1) is 13.8. The van der Waals surface area contributed by atoms with Crippen LogP contribution >= 0.6 is 11.6 Å². The number of benzene rings is 2. The van der Waals surface area contributed by atoms with Crippen LogP contribution in [0.4, 0.5) is 10.5 Å². The summed E-state index contributed by atoms with van der Waals surface area (Å²) in [6.07, 6.45) is -1.28. The molecular formula is C19H13ClN4O5. The first-order valence-electron chi connectivity index (χ1n) is 8.53. The van der Waals surface area contributed by atoms with E-state index in [0.29, 0.717) is 27.3 Å². The Morgan fingerprint density at radius 2 is 1.93 bits per heavy atom. The SMILES string of the molecule is O=C(O)NCCC(=O)Nc1ccc2c(c1)C(=O)c1nc3cc(Cl)ccc3c(=O)n1-2. The molecule has 0 spiro atoms. The van der Waals surface area contributed by atoms with Gasteiger partial charge in [0.2, 0.25) is 11.7 Å². The van der Waals surface area contributed by atoms with Gasteiger partial charge in [0, 0.05) is 23.7 Å². The summed E-state index contributed by atoms with van der Waals surface area (Å²) >= 11 is 5.96. The van der Waals surface area contributed by atoms with Crippen molar-refractivity contribution in [2.75, 3.05) is 11.9 Å². The van der Waals surface area contributed by atoms with E-state index in [9.17, 15) is 19.2 Å². The highest BCUT2D eigenvalue weighted by Crippen LogP contribution is 2.29. The molecule has 1 aromatic heterocycles. The lowest BCUT2D eigenvalue weighted by atomic mass is 10.1. The number of hydrogen-bond donors (Lipinski definition) is 3.